The van der Waals surface area contributed by atoms with Gasteiger partial charge in [-0.25, -0.2) is 0 Å². The summed E-state index contributed by atoms with van der Waals surface area (Å²) in [6.07, 6.45) is 5.11. The van der Waals surface area contributed by atoms with Crippen molar-refractivity contribution < 1.29 is 4.79 Å². The minimum Gasteiger partial charge on any atom is -0.350 e. The van der Waals surface area contributed by atoms with Crippen LogP contribution in [0.5, 0.6) is 0 Å². The van der Waals surface area contributed by atoms with Gasteiger partial charge in [-0.05, 0) is 32.1 Å². The fraction of sp³-hybridized carbons (Fsp3) is 0.643. The van der Waals surface area contributed by atoms with Crippen LogP contribution in [0.1, 0.15) is 41.0 Å². The van der Waals surface area contributed by atoms with Crippen LogP contribution in [0.25, 0.3) is 0 Å². The molecule has 0 aliphatic heterocycles. The summed E-state index contributed by atoms with van der Waals surface area (Å²) >= 11 is 0. The summed E-state index contributed by atoms with van der Waals surface area (Å²) in [7, 11) is 0. The van der Waals surface area contributed by atoms with Gasteiger partial charge in [0.05, 0.1) is 0 Å². The van der Waals surface area contributed by atoms with Crippen LogP contribution in [0.15, 0.2) is 23.3 Å². The predicted molar refractivity (Wildman–Crippen MR) is 68.1 cm³/mol. The van der Waals surface area contributed by atoms with E-state index in [0.29, 0.717) is 11.8 Å². The Morgan fingerprint density at radius 1 is 1.31 bits per heavy atom. The minimum absolute atomic E-state index is 0.0848. The summed E-state index contributed by atoms with van der Waals surface area (Å²) < 4.78 is 0. The number of allylic oxidation sites excluding steroid dienone is 3. The zero-order chi connectivity index (χ0) is 12.3. The highest BCUT2D eigenvalue weighted by Crippen LogP contribution is 2.29. The van der Waals surface area contributed by atoms with E-state index >= 15 is 0 Å². The fourth-order valence-corrected chi connectivity index (χ4v) is 1.97. The number of carbonyl (C=O) groups excluding carboxylic acids is 1. The molecule has 0 fully saturated rings. The van der Waals surface area contributed by atoms with E-state index in [-0.39, 0.29) is 11.9 Å². The van der Waals surface area contributed by atoms with E-state index in [1.54, 1.807) is 0 Å². The van der Waals surface area contributed by atoms with Crippen molar-refractivity contribution in [3.63, 3.8) is 0 Å². The van der Waals surface area contributed by atoms with E-state index in [2.05, 4.69) is 32.2 Å². The molecule has 0 aromatic heterocycles. The molecule has 1 aliphatic carbocycles. The molecule has 1 unspecified atom stereocenters. The van der Waals surface area contributed by atoms with Crippen LogP contribution >= 0.6 is 0 Å². The first-order valence-electron chi connectivity index (χ1n) is 6.13. The minimum atomic E-state index is 0.0848. The lowest BCUT2D eigenvalue weighted by Gasteiger charge is -2.23. The molecule has 1 atom stereocenters. The third-order valence-electron chi connectivity index (χ3n) is 2.97. The van der Waals surface area contributed by atoms with Gasteiger partial charge in [-0.1, -0.05) is 38.5 Å². The van der Waals surface area contributed by atoms with Gasteiger partial charge in [0.15, 0.2) is 0 Å². The van der Waals surface area contributed by atoms with Crippen LogP contribution in [0.4, 0.5) is 0 Å². The van der Waals surface area contributed by atoms with Crippen LogP contribution < -0.4 is 5.32 Å². The lowest BCUT2D eigenvalue weighted by Crippen LogP contribution is -2.33. The van der Waals surface area contributed by atoms with E-state index in [9.17, 15) is 4.79 Å². The average Bonchev–Trinajstić information content (AvgIpc) is 2.15. The molecule has 1 N–H and O–H groups in total. The molecule has 0 radical (unpaired) electrons. The Morgan fingerprint density at radius 2 is 1.94 bits per heavy atom. The largest absolute Gasteiger partial charge is 0.350 e. The standard InChI is InChI=1S/C14H23NO/c1-9(2)12-6-7-13(11(5)8-12)14(16)15-10(3)4/h6-7,9-11H,8H2,1-5H3,(H,15,16). The zero-order valence-corrected chi connectivity index (χ0v) is 11.0. The number of hydrogen-bond acceptors (Lipinski definition) is 1. The average molecular weight is 221 g/mol. The van der Waals surface area contributed by atoms with E-state index in [0.717, 1.165) is 12.0 Å². The maximum absolute atomic E-state index is 11.9. The van der Waals surface area contributed by atoms with Crippen LogP contribution in [0, 0.1) is 11.8 Å². The van der Waals surface area contributed by atoms with Crippen molar-refractivity contribution in [3.05, 3.63) is 23.3 Å². The number of rotatable bonds is 3. The number of amides is 1. The summed E-state index contributed by atoms with van der Waals surface area (Å²) in [4.78, 5) is 11.9. The third kappa shape index (κ3) is 3.22. The highest BCUT2D eigenvalue weighted by molar-refractivity contribution is 5.94. The molecule has 0 saturated carbocycles. The Labute approximate surface area is 98.8 Å². The maximum Gasteiger partial charge on any atom is 0.247 e. The summed E-state index contributed by atoms with van der Waals surface area (Å²) in [6.45, 7) is 10.5. The van der Waals surface area contributed by atoms with E-state index in [1.165, 1.54) is 5.57 Å². The molecular formula is C14H23NO. The molecule has 2 nitrogen and oxygen atoms in total. The molecule has 1 rings (SSSR count). The summed E-state index contributed by atoms with van der Waals surface area (Å²) in [5.41, 5.74) is 2.35. The molecule has 2 heteroatoms. The van der Waals surface area contributed by atoms with Gasteiger partial charge in [-0.2, -0.15) is 0 Å². The fourth-order valence-electron chi connectivity index (χ4n) is 1.97. The van der Waals surface area contributed by atoms with Gasteiger partial charge in [-0.15, -0.1) is 0 Å². The molecule has 0 bridgehead atoms. The Morgan fingerprint density at radius 3 is 2.38 bits per heavy atom. The van der Waals surface area contributed by atoms with Crippen molar-refractivity contribution in [2.75, 3.05) is 0 Å². The normalized spacial score (nSPS) is 20.8. The SMILES string of the molecule is CC(C)NC(=O)C1=CC=C(C(C)C)CC1C. The van der Waals surface area contributed by atoms with Gasteiger partial charge < -0.3 is 5.32 Å². The Bertz CT molecular complexity index is 324. The highest BCUT2D eigenvalue weighted by atomic mass is 16.1. The first-order valence-corrected chi connectivity index (χ1v) is 6.13. The van der Waals surface area contributed by atoms with Crippen molar-refractivity contribution in [1.29, 1.82) is 0 Å². The molecule has 0 aromatic rings. The van der Waals surface area contributed by atoms with Gasteiger partial charge >= 0.3 is 0 Å². The van der Waals surface area contributed by atoms with Crippen molar-refractivity contribution >= 4 is 5.91 Å². The van der Waals surface area contributed by atoms with E-state index < -0.39 is 0 Å². The Kier molecular flexibility index (Phi) is 4.34. The maximum atomic E-state index is 11.9. The molecule has 0 spiro atoms. The smallest absolute Gasteiger partial charge is 0.247 e. The van der Waals surface area contributed by atoms with Crippen LogP contribution in [-0.2, 0) is 4.79 Å². The van der Waals surface area contributed by atoms with Gasteiger partial charge in [0.1, 0.15) is 0 Å². The van der Waals surface area contributed by atoms with Gasteiger partial charge in [-0.3, -0.25) is 4.79 Å². The number of carbonyl (C=O) groups is 1. The Balaban J connectivity index is 2.78. The summed E-state index contributed by atoms with van der Waals surface area (Å²) in [5, 5.41) is 2.95. The monoisotopic (exact) mass is 221 g/mol. The lowest BCUT2D eigenvalue weighted by molar-refractivity contribution is -0.118. The molecule has 1 aliphatic rings. The summed E-state index contributed by atoms with van der Waals surface area (Å²) in [5.74, 6) is 0.996. The molecule has 0 aromatic carbocycles. The van der Waals surface area contributed by atoms with Crippen molar-refractivity contribution in [2.24, 2.45) is 11.8 Å². The van der Waals surface area contributed by atoms with Crippen molar-refractivity contribution in [2.45, 2.75) is 47.1 Å². The van der Waals surface area contributed by atoms with E-state index in [1.807, 2.05) is 19.9 Å². The third-order valence-corrected chi connectivity index (χ3v) is 2.97. The highest BCUT2D eigenvalue weighted by Gasteiger charge is 2.22. The van der Waals surface area contributed by atoms with E-state index in [4.69, 9.17) is 0 Å². The van der Waals surface area contributed by atoms with Gasteiger partial charge in [0.25, 0.3) is 0 Å². The molecule has 0 heterocycles. The number of nitrogens with one attached hydrogen (secondary N) is 1. The van der Waals surface area contributed by atoms with Crippen LogP contribution in [0.2, 0.25) is 0 Å². The Hall–Kier alpha value is -1.05. The lowest BCUT2D eigenvalue weighted by atomic mass is 9.84. The first kappa shape index (κ1) is 13.0. The molecule has 16 heavy (non-hydrogen) atoms. The summed E-state index contributed by atoms with van der Waals surface area (Å²) in [6, 6.07) is 0.205. The second-order valence-electron chi connectivity index (χ2n) is 5.25. The topological polar surface area (TPSA) is 29.1 Å². The molecular weight excluding hydrogens is 198 g/mol. The number of hydrogen-bond donors (Lipinski definition) is 1. The first-order chi connectivity index (χ1) is 7.41. The van der Waals surface area contributed by atoms with Gasteiger partial charge in [0, 0.05) is 11.6 Å². The molecule has 1 amide bonds. The molecule has 90 valence electrons. The quantitative estimate of drug-likeness (QED) is 0.779. The van der Waals surface area contributed by atoms with Crippen molar-refractivity contribution in [3.8, 4) is 0 Å². The molecule has 0 saturated heterocycles. The van der Waals surface area contributed by atoms with Crippen LogP contribution in [0.3, 0.4) is 0 Å². The zero-order valence-electron chi connectivity index (χ0n) is 11.0. The predicted octanol–water partition coefficient (Wildman–Crippen LogP) is 3.06. The van der Waals surface area contributed by atoms with Crippen LogP contribution in [-0.4, -0.2) is 11.9 Å². The second-order valence-corrected chi connectivity index (χ2v) is 5.25. The second kappa shape index (κ2) is 5.33. The van der Waals surface area contributed by atoms with Gasteiger partial charge in [0.2, 0.25) is 5.91 Å². The van der Waals surface area contributed by atoms with Crippen molar-refractivity contribution in [1.82, 2.24) is 5.32 Å².